The molecule has 33 heavy (non-hydrogen) atoms. The van der Waals surface area contributed by atoms with Crippen molar-refractivity contribution in [3.05, 3.63) is 127 Å². The highest BCUT2D eigenvalue weighted by Gasteiger charge is 2.52. The molecule has 0 amide bonds. The molecule has 4 aromatic carbocycles. The van der Waals surface area contributed by atoms with Gasteiger partial charge in [-0.05, 0) is 54.3 Å². The maximum atomic E-state index is 8.58. The summed E-state index contributed by atoms with van der Waals surface area (Å²) in [5.41, 5.74) is 0.883. The van der Waals surface area contributed by atoms with Crippen molar-refractivity contribution in [2.75, 3.05) is 5.75 Å². The second-order valence-electron chi connectivity index (χ2n) is 7.34. The van der Waals surface area contributed by atoms with Crippen molar-refractivity contribution in [2.24, 2.45) is 4.99 Å². The smallest absolute Gasteiger partial charge is 0.201 e. The van der Waals surface area contributed by atoms with E-state index in [2.05, 4.69) is 85.6 Å². The Kier molecular flexibility index (Phi) is 7.70. The molecular weight excluding hydrogens is 439 g/mol. The fourth-order valence-corrected chi connectivity index (χ4v) is 9.25. The number of aliphatic imine (C=N–C) groups is 1. The van der Waals surface area contributed by atoms with E-state index in [1.54, 1.807) is 11.8 Å². The van der Waals surface area contributed by atoms with Gasteiger partial charge in [0.2, 0.25) is 5.31 Å². The first-order chi connectivity index (χ1) is 16.3. The van der Waals surface area contributed by atoms with Crippen molar-refractivity contribution in [3.8, 4) is 0 Å². The third kappa shape index (κ3) is 4.77. The molecule has 162 valence electrons. The molecule has 0 aromatic heterocycles. The number of para-hydroxylation sites is 1. The standard InChI is InChI=1S/C29H26N2PS/c1-2-33-29(31-24-15-7-3-8-16-24)28(23-30)32(25-17-9-4-10-18-25,26-19-11-5-12-20-26)27-21-13-6-14-22-27/h3-22,30H,2H2,1H3/q+1. The van der Waals surface area contributed by atoms with Gasteiger partial charge in [-0.3, -0.25) is 5.41 Å². The molecule has 0 spiro atoms. The van der Waals surface area contributed by atoms with Crippen LogP contribution in [-0.2, 0) is 0 Å². The summed E-state index contributed by atoms with van der Waals surface area (Å²) in [6.45, 7) is 2.13. The lowest BCUT2D eigenvalue weighted by molar-refractivity contribution is 1.52. The van der Waals surface area contributed by atoms with Crippen LogP contribution in [0.25, 0.3) is 0 Å². The summed E-state index contributed by atoms with van der Waals surface area (Å²) in [5, 5.41) is 13.9. The first-order valence-corrected chi connectivity index (χ1v) is 13.7. The van der Waals surface area contributed by atoms with Crippen LogP contribution in [0.1, 0.15) is 6.92 Å². The Hall–Kier alpha value is -3.22. The van der Waals surface area contributed by atoms with E-state index in [4.69, 9.17) is 10.4 Å². The molecule has 4 aromatic rings. The zero-order valence-corrected chi connectivity index (χ0v) is 20.3. The summed E-state index contributed by atoms with van der Waals surface area (Å²) < 4.78 is 0. The van der Waals surface area contributed by atoms with Crippen molar-refractivity contribution >= 4 is 51.5 Å². The molecule has 0 bridgehead atoms. The van der Waals surface area contributed by atoms with Crippen LogP contribution in [-0.4, -0.2) is 16.7 Å². The van der Waals surface area contributed by atoms with E-state index in [1.807, 2.05) is 48.5 Å². The lowest BCUT2D eigenvalue weighted by Gasteiger charge is -2.28. The minimum atomic E-state index is -2.42. The lowest BCUT2D eigenvalue weighted by Crippen LogP contribution is -2.34. The number of rotatable bonds is 7. The Bertz CT molecular complexity index is 1150. The van der Waals surface area contributed by atoms with Crippen LogP contribution in [0.2, 0.25) is 0 Å². The number of benzene rings is 4. The third-order valence-electron chi connectivity index (χ3n) is 5.35. The van der Waals surface area contributed by atoms with Gasteiger partial charge in [-0.1, -0.05) is 79.7 Å². The van der Waals surface area contributed by atoms with Gasteiger partial charge in [0.15, 0.2) is 7.26 Å². The Morgan fingerprint density at radius 3 is 1.45 bits per heavy atom. The molecule has 0 aliphatic rings. The van der Waals surface area contributed by atoms with E-state index >= 15 is 0 Å². The summed E-state index contributed by atoms with van der Waals surface area (Å²) in [4.78, 5) is 5.05. The number of hydrogen-bond donors (Lipinski definition) is 1. The topological polar surface area (TPSA) is 36.2 Å². The molecule has 0 fully saturated rings. The van der Waals surface area contributed by atoms with Crippen molar-refractivity contribution < 1.29 is 0 Å². The second kappa shape index (κ2) is 11.1. The fraction of sp³-hybridized carbons (Fsp3) is 0.0690. The van der Waals surface area contributed by atoms with Gasteiger partial charge in [0.1, 0.15) is 21.0 Å². The molecule has 0 atom stereocenters. The Morgan fingerprint density at radius 2 is 1.09 bits per heavy atom. The highest BCUT2D eigenvalue weighted by atomic mass is 32.2. The SMILES string of the molecule is CCSC(=Nc1ccccc1)C(=C=N)[P+](c1ccccc1)(c1ccccc1)c1ccccc1. The Balaban J connectivity index is 2.09. The number of nitrogens with zero attached hydrogens (tertiary/aromatic N) is 1. The zero-order chi connectivity index (χ0) is 22.9. The van der Waals surface area contributed by atoms with Gasteiger partial charge in [-0.2, -0.15) is 0 Å². The molecule has 4 heteroatoms. The first-order valence-electron chi connectivity index (χ1n) is 10.9. The maximum absolute atomic E-state index is 8.58. The predicted molar refractivity (Wildman–Crippen MR) is 148 cm³/mol. The van der Waals surface area contributed by atoms with Crippen molar-refractivity contribution in [3.63, 3.8) is 0 Å². The first kappa shape index (κ1) is 23.0. The molecule has 0 aliphatic carbocycles. The monoisotopic (exact) mass is 465 g/mol. The Labute approximate surface area is 201 Å². The summed E-state index contributed by atoms with van der Waals surface area (Å²) in [6, 6.07) is 41.7. The van der Waals surface area contributed by atoms with Gasteiger partial charge in [0.05, 0.1) is 5.69 Å². The minimum absolute atomic E-state index is 0.849. The molecule has 2 nitrogen and oxygen atoms in total. The normalized spacial score (nSPS) is 11.6. The average molecular weight is 466 g/mol. The molecule has 0 radical (unpaired) electrons. The van der Waals surface area contributed by atoms with Crippen molar-refractivity contribution in [2.45, 2.75) is 6.92 Å². The van der Waals surface area contributed by atoms with E-state index in [-0.39, 0.29) is 0 Å². The molecule has 0 aliphatic heterocycles. The fourth-order valence-electron chi connectivity index (χ4n) is 3.98. The number of hydrogen-bond acceptors (Lipinski definition) is 3. The third-order valence-corrected chi connectivity index (χ3v) is 10.6. The average Bonchev–Trinajstić information content (AvgIpc) is 2.89. The van der Waals surface area contributed by atoms with Crippen LogP contribution in [0.15, 0.2) is 132 Å². The van der Waals surface area contributed by atoms with Crippen LogP contribution in [0.4, 0.5) is 5.69 Å². The zero-order valence-electron chi connectivity index (χ0n) is 18.6. The molecule has 0 saturated carbocycles. The second-order valence-corrected chi connectivity index (χ2v) is 11.9. The predicted octanol–water partition coefficient (Wildman–Crippen LogP) is 6.60. The summed E-state index contributed by atoms with van der Waals surface area (Å²) in [5.74, 6) is 3.76. The van der Waals surface area contributed by atoms with Crippen molar-refractivity contribution in [1.82, 2.24) is 0 Å². The highest BCUT2D eigenvalue weighted by molar-refractivity contribution is 8.17. The van der Waals surface area contributed by atoms with E-state index in [1.165, 1.54) is 15.9 Å². The summed E-state index contributed by atoms with van der Waals surface area (Å²) >= 11 is 1.67. The summed E-state index contributed by atoms with van der Waals surface area (Å²) in [7, 11) is -2.42. The van der Waals surface area contributed by atoms with Crippen LogP contribution < -0.4 is 15.9 Å². The van der Waals surface area contributed by atoms with E-state index < -0.39 is 7.26 Å². The van der Waals surface area contributed by atoms with Gasteiger partial charge >= 0.3 is 0 Å². The molecule has 0 saturated heterocycles. The van der Waals surface area contributed by atoms with Crippen LogP contribution in [0.3, 0.4) is 0 Å². The largest absolute Gasteiger partial charge is 0.255 e. The Morgan fingerprint density at radius 1 is 0.697 bits per heavy atom. The van der Waals surface area contributed by atoms with Gasteiger partial charge < -0.3 is 0 Å². The molecule has 0 heterocycles. The molecule has 1 N–H and O–H groups in total. The molecule has 0 unspecified atom stereocenters. The van der Waals surface area contributed by atoms with Crippen LogP contribution in [0, 0.1) is 5.41 Å². The molecular formula is C29H26N2PS+. The number of nitrogens with one attached hydrogen (secondary N) is 1. The summed E-state index contributed by atoms with van der Waals surface area (Å²) in [6.07, 6.45) is 0. The lowest BCUT2D eigenvalue weighted by atomic mass is 10.3. The van der Waals surface area contributed by atoms with Crippen molar-refractivity contribution in [1.29, 1.82) is 5.41 Å². The van der Waals surface area contributed by atoms with E-state index in [0.717, 1.165) is 21.8 Å². The maximum Gasteiger partial charge on any atom is 0.201 e. The molecule has 4 rings (SSSR count). The van der Waals surface area contributed by atoms with Gasteiger partial charge in [0, 0.05) is 5.87 Å². The van der Waals surface area contributed by atoms with E-state index in [9.17, 15) is 0 Å². The van der Waals surface area contributed by atoms with Crippen LogP contribution >= 0.6 is 19.0 Å². The van der Waals surface area contributed by atoms with E-state index in [0.29, 0.717) is 0 Å². The minimum Gasteiger partial charge on any atom is -0.255 e. The number of thioether (sulfide) groups is 1. The van der Waals surface area contributed by atoms with Crippen LogP contribution in [0.5, 0.6) is 0 Å². The van der Waals surface area contributed by atoms with Gasteiger partial charge in [0.25, 0.3) is 0 Å². The van der Waals surface area contributed by atoms with Gasteiger partial charge in [-0.15, -0.1) is 11.8 Å². The van der Waals surface area contributed by atoms with Gasteiger partial charge in [-0.25, -0.2) is 4.99 Å². The quantitative estimate of drug-likeness (QED) is 0.186. The highest BCUT2D eigenvalue weighted by Crippen LogP contribution is 2.62.